The monoisotopic (exact) mass is 771 g/mol. The van der Waals surface area contributed by atoms with Gasteiger partial charge in [0.1, 0.15) is 4.21 Å². The summed E-state index contributed by atoms with van der Waals surface area (Å²) in [6.45, 7) is 4.37. The number of fused-ring (bicyclic) bond motifs is 1. The topological polar surface area (TPSA) is 94.9 Å². The molecule has 6 aliphatic rings. The van der Waals surface area contributed by atoms with Gasteiger partial charge in [-0.15, -0.1) is 22.7 Å². The number of halogens is 3. The van der Waals surface area contributed by atoms with Crippen LogP contribution in [-0.4, -0.2) is 53.5 Å². The van der Waals surface area contributed by atoms with E-state index >= 15 is 0 Å². The van der Waals surface area contributed by atoms with Gasteiger partial charge in [-0.05, 0) is 104 Å². The number of sulfonamides is 1. The molecule has 8 unspecified atom stereocenters. The van der Waals surface area contributed by atoms with E-state index < -0.39 is 55.5 Å². The highest BCUT2D eigenvalue weighted by Crippen LogP contribution is 2.78. The second-order valence-corrected chi connectivity index (χ2v) is 20.5. The Hall–Kier alpha value is -2.61. The van der Waals surface area contributed by atoms with Crippen LogP contribution in [0.15, 0.2) is 87.3 Å². The van der Waals surface area contributed by atoms with Crippen LogP contribution in [0, 0.1) is 33.5 Å². The molecule has 2 N–H and O–H groups in total. The Morgan fingerprint density at radius 1 is 0.942 bits per heavy atom. The van der Waals surface area contributed by atoms with Crippen LogP contribution in [0.5, 0.6) is 0 Å². The van der Waals surface area contributed by atoms with Crippen molar-refractivity contribution >= 4 is 38.5 Å². The van der Waals surface area contributed by atoms with Crippen LogP contribution in [0.3, 0.4) is 0 Å². The molecule has 6 nitrogen and oxygen atoms in total. The fourth-order valence-corrected chi connectivity index (χ4v) is 14.7. The second kappa shape index (κ2) is 12.2. The molecular weight excluding hydrogens is 728 g/mol. The van der Waals surface area contributed by atoms with Crippen LogP contribution in [0.25, 0.3) is 0 Å². The van der Waals surface area contributed by atoms with Crippen LogP contribution in [0.4, 0.5) is 13.2 Å². The zero-order valence-electron chi connectivity index (χ0n) is 29.2. The van der Waals surface area contributed by atoms with E-state index in [0.29, 0.717) is 50.5 Å². The summed E-state index contributed by atoms with van der Waals surface area (Å²) in [6.07, 6.45) is 5.41. The number of Topliss-reactive ketones (excluding diaryl/α,β-unsaturated/α-hetero) is 1. The molecule has 0 aliphatic heterocycles. The van der Waals surface area contributed by atoms with Crippen LogP contribution >= 0.6 is 22.7 Å². The summed E-state index contributed by atoms with van der Waals surface area (Å²) >= 11 is 2.70. The molecule has 3 aromatic rings. The molecule has 1 aromatic carbocycles. The van der Waals surface area contributed by atoms with Crippen molar-refractivity contribution in [3.63, 3.8) is 0 Å². The third-order valence-corrected chi connectivity index (χ3v) is 18.3. The van der Waals surface area contributed by atoms with Crippen LogP contribution in [0.1, 0.15) is 79.6 Å². The first kappa shape index (κ1) is 36.4. The molecule has 8 atom stereocenters. The van der Waals surface area contributed by atoms with Crippen molar-refractivity contribution in [2.75, 3.05) is 13.1 Å². The SMILES string of the molecule is CC12CCC(O)CC13C=CC1(C(C(=O)c4cccc(C(F)(F)F)c4)=C3)C2CCC2(C)C1CCC2(O)CN(CCc1cccs1)S(=O)(=O)c1cccs1. The molecule has 12 heteroatoms. The highest BCUT2D eigenvalue weighted by molar-refractivity contribution is 7.91. The molecule has 278 valence electrons. The Kier molecular flexibility index (Phi) is 8.53. The standard InChI is InChI=1S/C40H44F3NO5S3/c1-35-14-10-28(45)23-37(35)17-18-39(30(24-37)34(46)26-6-3-7-27(22-26)40(41,42)43)31(35)11-15-36(2)32(39)12-16-38(36,47)25-44(19-13-29-8-4-20-50-29)52(48,49)33-9-5-21-51-33/h3-9,17-18,20-22,24,28,31-32,45,47H,10-16,19,23,25H2,1-2H3. The maximum atomic E-state index is 14.8. The van der Waals surface area contributed by atoms with Gasteiger partial charge in [0.2, 0.25) is 0 Å². The number of benzene rings is 1. The van der Waals surface area contributed by atoms with Crippen molar-refractivity contribution in [2.45, 2.75) is 87.3 Å². The predicted octanol–water partition coefficient (Wildman–Crippen LogP) is 8.54. The average molecular weight is 772 g/mol. The first-order valence-electron chi connectivity index (χ1n) is 18.1. The molecule has 0 radical (unpaired) electrons. The smallest absolute Gasteiger partial charge is 0.393 e. The number of carbonyl (C=O) groups is 1. The number of hydrogen-bond acceptors (Lipinski definition) is 7. The minimum atomic E-state index is -4.62. The van der Waals surface area contributed by atoms with Gasteiger partial charge in [-0.1, -0.05) is 56.3 Å². The van der Waals surface area contributed by atoms with Gasteiger partial charge >= 0.3 is 6.18 Å². The number of allylic oxidation sites excluding steroid dienone is 4. The van der Waals surface area contributed by atoms with Crippen LogP contribution in [-0.2, 0) is 22.6 Å². The summed E-state index contributed by atoms with van der Waals surface area (Å²) in [7, 11) is -3.94. The zero-order chi connectivity index (χ0) is 37.0. The van der Waals surface area contributed by atoms with Gasteiger partial charge in [-0.3, -0.25) is 4.79 Å². The Labute approximate surface area is 311 Å². The number of thiophene rings is 2. The summed E-state index contributed by atoms with van der Waals surface area (Å²) in [5.74, 6) is -0.802. The zero-order valence-corrected chi connectivity index (χ0v) is 31.7. The predicted molar refractivity (Wildman–Crippen MR) is 195 cm³/mol. The maximum Gasteiger partial charge on any atom is 0.416 e. The van der Waals surface area contributed by atoms with Gasteiger partial charge in [0, 0.05) is 45.3 Å². The second-order valence-electron chi connectivity index (χ2n) is 16.3. The van der Waals surface area contributed by atoms with Crippen molar-refractivity contribution < 1.29 is 36.6 Å². The lowest BCUT2D eigenvalue weighted by atomic mass is 9.32. The van der Waals surface area contributed by atoms with Crippen molar-refractivity contribution in [3.8, 4) is 0 Å². The average Bonchev–Trinajstić information content (AvgIpc) is 3.88. The third-order valence-electron chi connectivity index (χ3n) is 14.1. The Balaban J connectivity index is 1.22. The Morgan fingerprint density at radius 3 is 2.37 bits per heavy atom. The molecule has 2 heterocycles. The van der Waals surface area contributed by atoms with Crippen LogP contribution in [0.2, 0.25) is 0 Å². The number of alkyl halides is 3. The summed E-state index contributed by atoms with van der Waals surface area (Å²) in [6, 6.07) is 11.8. The van der Waals surface area contributed by atoms with Crippen molar-refractivity contribution in [1.29, 1.82) is 0 Å². The molecular formula is C40H44F3NO5S3. The molecule has 0 saturated heterocycles. The van der Waals surface area contributed by atoms with Gasteiger partial charge in [0.15, 0.2) is 5.78 Å². The number of aliphatic hydroxyl groups excluding tert-OH is 1. The number of hydrogen-bond donors (Lipinski definition) is 2. The van der Waals surface area contributed by atoms with E-state index in [1.165, 1.54) is 16.4 Å². The third kappa shape index (κ3) is 5.17. The van der Waals surface area contributed by atoms with Gasteiger partial charge in [0.25, 0.3) is 10.0 Å². The van der Waals surface area contributed by atoms with E-state index in [4.69, 9.17) is 0 Å². The van der Waals surface area contributed by atoms with E-state index in [-0.39, 0.29) is 40.1 Å². The lowest BCUT2D eigenvalue weighted by Gasteiger charge is -2.71. The Bertz CT molecular complexity index is 2040. The van der Waals surface area contributed by atoms with Gasteiger partial charge in [0.05, 0.1) is 17.3 Å². The molecule has 52 heavy (non-hydrogen) atoms. The van der Waals surface area contributed by atoms with E-state index in [1.807, 2.05) is 30.5 Å². The molecule has 0 amide bonds. The summed E-state index contributed by atoms with van der Waals surface area (Å²) in [5.41, 5.74) is -4.59. The molecule has 6 aliphatic carbocycles. The van der Waals surface area contributed by atoms with E-state index in [1.54, 1.807) is 28.8 Å². The fourth-order valence-electron chi connectivity index (χ4n) is 11.4. The molecule has 2 spiro atoms. The van der Waals surface area contributed by atoms with E-state index in [9.17, 15) is 36.6 Å². The number of nitrogens with zero attached hydrogens (tertiary/aromatic N) is 1. The lowest BCUT2D eigenvalue weighted by Crippen LogP contribution is -2.67. The summed E-state index contributed by atoms with van der Waals surface area (Å²) in [5, 5.41) is 27.6. The maximum absolute atomic E-state index is 14.8. The highest BCUT2D eigenvalue weighted by Gasteiger charge is 2.74. The molecule has 2 aromatic heterocycles. The molecule has 9 rings (SSSR count). The first-order chi connectivity index (χ1) is 24.5. The number of rotatable bonds is 9. The van der Waals surface area contributed by atoms with Gasteiger partial charge in [-0.2, -0.15) is 17.5 Å². The van der Waals surface area contributed by atoms with Crippen LogP contribution < -0.4 is 0 Å². The Morgan fingerprint density at radius 2 is 1.65 bits per heavy atom. The normalized spacial score (nSPS) is 36.7. The van der Waals surface area contributed by atoms with Gasteiger partial charge < -0.3 is 10.2 Å². The molecule has 3 saturated carbocycles. The minimum Gasteiger partial charge on any atom is -0.393 e. The summed E-state index contributed by atoms with van der Waals surface area (Å²) in [4.78, 5) is 15.8. The fraction of sp³-hybridized carbons (Fsp3) is 0.525. The number of carbonyl (C=O) groups excluding carboxylic acids is 1. The van der Waals surface area contributed by atoms with Gasteiger partial charge in [-0.25, -0.2) is 8.42 Å². The highest BCUT2D eigenvalue weighted by atomic mass is 32.2. The van der Waals surface area contributed by atoms with E-state index in [0.717, 1.165) is 34.8 Å². The summed E-state index contributed by atoms with van der Waals surface area (Å²) < 4.78 is 71.7. The quantitative estimate of drug-likeness (QED) is 0.168. The molecule has 2 bridgehead atoms. The van der Waals surface area contributed by atoms with Crippen molar-refractivity contribution in [3.05, 3.63) is 99.1 Å². The van der Waals surface area contributed by atoms with Crippen molar-refractivity contribution in [1.82, 2.24) is 4.31 Å². The van der Waals surface area contributed by atoms with Crippen molar-refractivity contribution in [2.24, 2.45) is 33.5 Å². The lowest BCUT2D eigenvalue weighted by molar-refractivity contribution is -0.173. The van der Waals surface area contributed by atoms with E-state index in [2.05, 4.69) is 19.1 Å². The number of aliphatic hydroxyl groups is 2. The minimum absolute atomic E-state index is 0.0352. The molecule has 3 fully saturated rings. The number of ketones is 1. The largest absolute Gasteiger partial charge is 0.416 e. The first-order valence-corrected chi connectivity index (χ1v) is 21.3.